The van der Waals surface area contributed by atoms with E-state index >= 15 is 0 Å². The third-order valence-corrected chi connectivity index (χ3v) is 4.13. The quantitative estimate of drug-likeness (QED) is 0.815. The molecule has 2 N–H and O–H groups in total. The van der Waals surface area contributed by atoms with Gasteiger partial charge in [-0.3, -0.25) is 9.69 Å². The average molecular weight is 306 g/mol. The van der Waals surface area contributed by atoms with Crippen molar-refractivity contribution in [3.8, 4) is 0 Å². The standard InChI is InChI=1S/C17H26N2O3/c1-17(2,14-6-4-3-5-7-14)16(21)18-12-15(20)13-19-8-10-22-11-9-19/h3-7,15,20H,8-13H2,1-2H3,(H,18,21). The molecule has 1 unspecified atom stereocenters. The Hall–Kier alpha value is -1.43. The molecule has 1 atom stereocenters. The van der Waals surface area contributed by atoms with Gasteiger partial charge in [-0.1, -0.05) is 30.3 Å². The number of morpholine rings is 1. The number of nitrogens with zero attached hydrogens (tertiary/aromatic N) is 1. The van der Waals surface area contributed by atoms with Crippen LogP contribution in [0.15, 0.2) is 30.3 Å². The highest BCUT2D eigenvalue weighted by molar-refractivity contribution is 5.87. The molecule has 1 fully saturated rings. The summed E-state index contributed by atoms with van der Waals surface area (Å²) in [5.74, 6) is -0.0697. The summed E-state index contributed by atoms with van der Waals surface area (Å²) < 4.78 is 5.28. The fourth-order valence-corrected chi connectivity index (χ4v) is 2.56. The first-order valence-corrected chi connectivity index (χ1v) is 7.82. The van der Waals surface area contributed by atoms with Crippen molar-refractivity contribution < 1.29 is 14.6 Å². The minimum absolute atomic E-state index is 0.0697. The highest BCUT2D eigenvalue weighted by Gasteiger charge is 2.29. The molecule has 1 heterocycles. The normalized spacial score (nSPS) is 18.0. The van der Waals surface area contributed by atoms with E-state index < -0.39 is 11.5 Å². The zero-order chi connectivity index (χ0) is 16.0. The maximum atomic E-state index is 12.4. The molecule has 0 spiro atoms. The van der Waals surface area contributed by atoms with Crippen LogP contribution in [-0.2, 0) is 14.9 Å². The molecule has 0 aromatic heterocycles. The molecule has 5 nitrogen and oxygen atoms in total. The lowest BCUT2D eigenvalue weighted by atomic mass is 9.84. The second-order valence-corrected chi connectivity index (χ2v) is 6.27. The van der Waals surface area contributed by atoms with Gasteiger partial charge in [0.1, 0.15) is 0 Å². The first kappa shape index (κ1) is 16.9. The Labute approximate surface area is 132 Å². The first-order chi connectivity index (χ1) is 10.5. The van der Waals surface area contributed by atoms with Gasteiger partial charge in [0.2, 0.25) is 5.91 Å². The highest BCUT2D eigenvalue weighted by Crippen LogP contribution is 2.22. The Morgan fingerprint density at radius 2 is 1.95 bits per heavy atom. The van der Waals surface area contributed by atoms with E-state index in [1.807, 2.05) is 44.2 Å². The smallest absolute Gasteiger partial charge is 0.230 e. The van der Waals surface area contributed by atoms with Crippen molar-refractivity contribution in [1.29, 1.82) is 0 Å². The molecule has 122 valence electrons. The fourth-order valence-electron chi connectivity index (χ4n) is 2.56. The van der Waals surface area contributed by atoms with Crippen LogP contribution in [0.3, 0.4) is 0 Å². The van der Waals surface area contributed by atoms with Gasteiger partial charge in [-0.25, -0.2) is 0 Å². The van der Waals surface area contributed by atoms with Crippen molar-refractivity contribution >= 4 is 5.91 Å². The van der Waals surface area contributed by atoms with Crippen LogP contribution in [-0.4, -0.2) is 61.4 Å². The van der Waals surface area contributed by atoms with E-state index in [2.05, 4.69) is 10.2 Å². The summed E-state index contributed by atoms with van der Waals surface area (Å²) in [7, 11) is 0. The number of hydrogen-bond acceptors (Lipinski definition) is 4. The minimum atomic E-state index is -0.611. The number of ether oxygens (including phenoxy) is 1. The molecule has 0 bridgehead atoms. The molecule has 1 aliphatic rings. The van der Waals surface area contributed by atoms with Crippen molar-refractivity contribution in [3.63, 3.8) is 0 Å². The van der Waals surface area contributed by atoms with E-state index in [9.17, 15) is 9.90 Å². The maximum Gasteiger partial charge on any atom is 0.230 e. The van der Waals surface area contributed by atoms with Crippen LogP contribution in [0.25, 0.3) is 0 Å². The third kappa shape index (κ3) is 4.53. The van der Waals surface area contributed by atoms with Gasteiger partial charge in [-0.05, 0) is 19.4 Å². The molecule has 1 amide bonds. The Balaban J connectivity index is 1.81. The second-order valence-electron chi connectivity index (χ2n) is 6.27. The zero-order valence-electron chi connectivity index (χ0n) is 13.4. The summed E-state index contributed by atoms with van der Waals surface area (Å²) in [5, 5.41) is 13.0. The highest BCUT2D eigenvalue weighted by atomic mass is 16.5. The van der Waals surface area contributed by atoms with Crippen molar-refractivity contribution in [2.24, 2.45) is 0 Å². The monoisotopic (exact) mass is 306 g/mol. The van der Waals surface area contributed by atoms with Crippen LogP contribution in [0.2, 0.25) is 0 Å². The number of aliphatic hydroxyl groups excluding tert-OH is 1. The molecule has 1 aliphatic heterocycles. The topological polar surface area (TPSA) is 61.8 Å². The molecule has 0 saturated carbocycles. The molecule has 0 radical (unpaired) electrons. The van der Waals surface area contributed by atoms with Gasteiger partial charge < -0.3 is 15.2 Å². The molecule has 2 rings (SSSR count). The number of carbonyl (C=O) groups excluding carboxylic acids is 1. The predicted molar refractivity (Wildman–Crippen MR) is 85.7 cm³/mol. The fraction of sp³-hybridized carbons (Fsp3) is 0.588. The average Bonchev–Trinajstić information content (AvgIpc) is 2.54. The summed E-state index contributed by atoms with van der Waals surface area (Å²) in [6.07, 6.45) is -0.561. The number of rotatable bonds is 6. The van der Waals surface area contributed by atoms with Crippen LogP contribution < -0.4 is 5.32 Å². The summed E-state index contributed by atoms with van der Waals surface area (Å²) in [4.78, 5) is 14.6. The number of β-amino-alcohol motifs (C(OH)–C–C–N with tert-alkyl or cyclic N) is 1. The number of amides is 1. The van der Waals surface area contributed by atoms with Gasteiger partial charge in [0.25, 0.3) is 0 Å². The predicted octanol–water partition coefficient (Wildman–Crippen LogP) is 0.774. The van der Waals surface area contributed by atoms with Crippen LogP contribution in [0, 0.1) is 0 Å². The lowest BCUT2D eigenvalue weighted by molar-refractivity contribution is -0.126. The van der Waals surface area contributed by atoms with Gasteiger partial charge in [-0.15, -0.1) is 0 Å². The molecule has 22 heavy (non-hydrogen) atoms. The number of carbonyl (C=O) groups is 1. The number of nitrogens with one attached hydrogen (secondary N) is 1. The van der Waals surface area contributed by atoms with E-state index in [0.29, 0.717) is 19.8 Å². The number of benzene rings is 1. The van der Waals surface area contributed by atoms with Gasteiger partial charge in [0, 0.05) is 26.2 Å². The van der Waals surface area contributed by atoms with Crippen LogP contribution in [0.5, 0.6) is 0 Å². The van der Waals surface area contributed by atoms with Crippen LogP contribution in [0.1, 0.15) is 19.4 Å². The zero-order valence-corrected chi connectivity index (χ0v) is 13.4. The van der Waals surface area contributed by atoms with Crippen molar-refractivity contribution in [1.82, 2.24) is 10.2 Å². The third-order valence-electron chi connectivity index (χ3n) is 4.13. The van der Waals surface area contributed by atoms with Crippen molar-refractivity contribution in [3.05, 3.63) is 35.9 Å². The Bertz CT molecular complexity index is 470. The van der Waals surface area contributed by atoms with Crippen LogP contribution >= 0.6 is 0 Å². The summed E-state index contributed by atoms with van der Waals surface area (Å²) in [6, 6.07) is 9.69. The number of aliphatic hydroxyl groups is 1. The molecule has 1 aromatic rings. The second kappa shape index (κ2) is 7.72. The first-order valence-electron chi connectivity index (χ1n) is 7.82. The van der Waals surface area contributed by atoms with Gasteiger partial charge in [0.05, 0.1) is 24.7 Å². The van der Waals surface area contributed by atoms with E-state index in [-0.39, 0.29) is 12.5 Å². The SMILES string of the molecule is CC(C)(C(=O)NCC(O)CN1CCOCC1)c1ccccc1. The maximum absolute atomic E-state index is 12.4. The van der Waals surface area contributed by atoms with E-state index in [1.54, 1.807) is 0 Å². The molecular formula is C17H26N2O3. The molecule has 1 saturated heterocycles. The molecular weight excluding hydrogens is 280 g/mol. The summed E-state index contributed by atoms with van der Waals surface area (Å²) in [6.45, 7) is 7.71. The summed E-state index contributed by atoms with van der Waals surface area (Å²) >= 11 is 0. The van der Waals surface area contributed by atoms with Gasteiger partial charge in [-0.2, -0.15) is 0 Å². The number of hydrogen-bond donors (Lipinski definition) is 2. The Kier molecular flexibility index (Phi) is 5.94. The van der Waals surface area contributed by atoms with Gasteiger partial charge in [0.15, 0.2) is 0 Å². The molecule has 5 heteroatoms. The van der Waals surface area contributed by atoms with Crippen molar-refractivity contribution in [2.45, 2.75) is 25.4 Å². The van der Waals surface area contributed by atoms with Crippen LogP contribution in [0.4, 0.5) is 0 Å². The van der Waals surface area contributed by atoms with E-state index in [1.165, 1.54) is 0 Å². The van der Waals surface area contributed by atoms with E-state index in [0.717, 1.165) is 18.7 Å². The minimum Gasteiger partial charge on any atom is -0.390 e. The lowest BCUT2D eigenvalue weighted by Crippen LogP contribution is -2.47. The van der Waals surface area contributed by atoms with Gasteiger partial charge >= 0.3 is 0 Å². The molecule has 1 aromatic carbocycles. The Morgan fingerprint density at radius 1 is 1.32 bits per heavy atom. The van der Waals surface area contributed by atoms with E-state index in [4.69, 9.17) is 4.74 Å². The molecule has 0 aliphatic carbocycles. The Morgan fingerprint density at radius 3 is 2.59 bits per heavy atom. The van der Waals surface area contributed by atoms with Crippen molar-refractivity contribution in [2.75, 3.05) is 39.4 Å². The largest absolute Gasteiger partial charge is 0.390 e. The summed E-state index contributed by atoms with van der Waals surface area (Å²) in [5.41, 5.74) is 0.357. The lowest BCUT2D eigenvalue weighted by Gasteiger charge is -2.29.